The van der Waals surface area contributed by atoms with Gasteiger partial charge >= 0.3 is 12.2 Å². The summed E-state index contributed by atoms with van der Waals surface area (Å²) in [7, 11) is 0. The van der Waals surface area contributed by atoms with Gasteiger partial charge in [0.15, 0.2) is 5.65 Å². The summed E-state index contributed by atoms with van der Waals surface area (Å²) >= 11 is 0. The number of imidazole rings is 1. The number of amides is 3. The van der Waals surface area contributed by atoms with Crippen LogP contribution in [0.3, 0.4) is 0 Å². The van der Waals surface area contributed by atoms with Crippen LogP contribution < -0.4 is 5.32 Å². The van der Waals surface area contributed by atoms with Gasteiger partial charge in [0.05, 0.1) is 30.7 Å². The Kier molecular flexibility index (Phi) is 8.73. The molecule has 1 unspecified atom stereocenters. The fraction of sp³-hybridized carbons (Fsp3) is 0.690. The Morgan fingerprint density at radius 3 is 2.28 bits per heavy atom. The van der Waals surface area contributed by atoms with Crippen molar-refractivity contribution >= 4 is 23.7 Å². The fourth-order valence-electron chi connectivity index (χ4n) is 5.42. The minimum atomic E-state index is -3.30. The molecule has 1 aliphatic heterocycles. The molecule has 2 aliphatic rings. The minimum Gasteiger partial charge on any atom is -0.444 e. The topological polar surface area (TPSA) is 115 Å². The van der Waals surface area contributed by atoms with Gasteiger partial charge in [-0.1, -0.05) is 0 Å². The largest absolute Gasteiger partial charge is 0.444 e. The summed E-state index contributed by atoms with van der Waals surface area (Å²) in [6.45, 7) is 8.79. The molecule has 238 valence electrons. The number of rotatable bonds is 5. The summed E-state index contributed by atoms with van der Waals surface area (Å²) in [6.07, 6.45) is -0.0600. The van der Waals surface area contributed by atoms with Crippen LogP contribution >= 0.6 is 0 Å². The molecule has 0 aromatic carbocycles. The maximum Gasteiger partial charge on any atom is 0.417 e. The first-order chi connectivity index (χ1) is 19.7. The van der Waals surface area contributed by atoms with Gasteiger partial charge in [-0.25, -0.2) is 41.6 Å². The Labute approximate surface area is 247 Å². The second-order valence-electron chi connectivity index (χ2n) is 13.5. The average molecular weight is 614 g/mol. The number of carbonyl (C=O) groups excluding carboxylic acids is 3. The number of ether oxygens (including phenoxy) is 2. The van der Waals surface area contributed by atoms with E-state index in [2.05, 4.69) is 15.4 Å². The molecule has 1 N–H and O–H groups in total. The van der Waals surface area contributed by atoms with E-state index >= 15 is 0 Å². The Hall–Kier alpha value is -3.45. The van der Waals surface area contributed by atoms with Crippen molar-refractivity contribution in [2.45, 2.75) is 109 Å². The quantitative estimate of drug-likeness (QED) is 0.407. The molecule has 2 aromatic rings. The summed E-state index contributed by atoms with van der Waals surface area (Å²) < 4.78 is 69.1. The smallest absolute Gasteiger partial charge is 0.417 e. The molecule has 3 heterocycles. The molecule has 14 heteroatoms. The van der Waals surface area contributed by atoms with Gasteiger partial charge in [-0.2, -0.15) is 5.10 Å². The lowest BCUT2D eigenvalue weighted by atomic mass is 9.81. The van der Waals surface area contributed by atoms with Crippen molar-refractivity contribution in [3.8, 4) is 0 Å². The summed E-state index contributed by atoms with van der Waals surface area (Å²) in [4.78, 5) is 43.3. The average Bonchev–Trinajstić information content (AvgIpc) is 3.25. The number of hydrogen-bond donors (Lipinski definition) is 1. The lowest BCUT2D eigenvalue weighted by Gasteiger charge is -2.36. The van der Waals surface area contributed by atoms with E-state index in [1.54, 1.807) is 53.8 Å². The van der Waals surface area contributed by atoms with Crippen LogP contribution in [-0.2, 0) is 20.7 Å². The van der Waals surface area contributed by atoms with E-state index in [0.29, 0.717) is 21.8 Å². The molecule has 2 fully saturated rings. The highest BCUT2D eigenvalue weighted by Crippen LogP contribution is 2.41. The second kappa shape index (κ2) is 11.6. The number of aromatic nitrogens is 3. The van der Waals surface area contributed by atoms with Crippen LogP contribution in [0, 0.1) is 11.8 Å². The van der Waals surface area contributed by atoms with Gasteiger partial charge < -0.3 is 14.8 Å². The number of imide groups is 1. The minimum absolute atomic E-state index is 0.128. The molecule has 4 rings (SSSR count). The number of carbonyl (C=O) groups is 3. The number of fused-ring (bicyclic) bond motifs is 1. The highest BCUT2D eigenvalue weighted by molar-refractivity contribution is 5.94. The molecule has 0 radical (unpaired) electrons. The van der Waals surface area contributed by atoms with Gasteiger partial charge in [0, 0.05) is 25.2 Å². The molecule has 10 nitrogen and oxygen atoms in total. The van der Waals surface area contributed by atoms with Crippen molar-refractivity contribution < 1.29 is 41.4 Å². The molecule has 0 bridgehead atoms. The Bertz CT molecular complexity index is 1360. The van der Waals surface area contributed by atoms with Crippen molar-refractivity contribution in [2.75, 3.05) is 6.54 Å². The summed E-state index contributed by atoms with van der Waals surface area (Å²) in [5.41, 5.74) is -0.637. The normalized spacial score (nSPS) is 21.9. The standard InChI is InChI=1S/C29H39F4N5O5/c1-26(2,3)42-24(40)36-22(18-7-9-28(30,31)10-8-18)20-15-38-21(35-20)12-17(14-34-38)11-19-13-29(32,33)16-37(23(19)39)25(41)43-27(4,5)6/h12,14-15,18-19,22H,7-11,13,16H2,1-6H3,(H,36,40)/t19?,22-/m0/s1. The van der Waals surface area contributed by atoms with E-state index in [4.69, 9.17) is 9.47 Å². The van der Waals surface area contributed by atoms with Crippen molar-refractivity contribution in [3.05, 3.63) is 29.7 Å². The molecule has 1 saturated carbocycles. The molecular weight excluding hydrogens is 574 g/mol. The van der Waals surface area contributed by atoms with Crippen LogP contribution in [0.4, 0.5) is 27.2 Å². The van der Waals surface area contributed by atoms with Crippen LogP contribution in [-0.4, -0.2) is 67.2 Å². The monoisotopic (exact) mass is 613 g/mol. The molecule has 1 aliphatic carbocycles. The summed E-state index contributed by atoms with van der Waals surface area (Å²) in [5, 5.41) is 7.09. The first-order valence-corrected chi connectivity index (χ1v) is 14.3. The third kappa shape index (κ3) is 8.56. The number of piperidine rings is 1. The van der Waals surface area contributed by atoms with E-state index < -0.39 is 66.1 Å². The number of hydrogen-bond acceptors (Lipinski definition) is 7. The Morgan fingerprint density at radius 1 is 1.05 bits per heavy atom. The summed E-state index contributed by atoms with van der Waals surface area (Å²) in [6, 6.07) is 0.838. The molecule has 1 saturated heterocycles. The van der Waals surface area contributed by atoms with Crippen LogP contribution in [0.15, 0.2) is 18.5 Å². The molecule has 2 aromatic heterocycles. The van der Waals surface area contributed by atoms with Crippen LogP contribution in [0.1, 0.15) is 90.9 Å². The van der Waals surface area contributed by atoms with Gasteiger partial charge in [0.25, 0.3) is 5.92 Å². The predicted octanol–water partition coefficient (Wildman–Crippen LogP) is 6.08. The number of likely N-dealkylation sites (tertiary alicyclic amines) is 1. The van der Waals surface area contributed by atoms with Gasteiger partial charge in [0.1, 0.15) is 11.2 Å². The molecule has 0 spiro atoms. The lowest BCUT2D eigenvalue weighted by molar-refractivity contribution is -0.153. The zero-order valence-corrected chi connectivity index (χ0v) is 25.3. The maximum atomic E-state index is 14.6. The van der Waals surface area contributed by atoms with Crippen molar-refractivity contribution in [3.63, 3.8) is 0 Å². The van der Waals surface area contributed by atoms with Gasteiger partial charge in [0.2, 0.25) is 11.8 Å². The van der Waals surface area contributed by atoms with E-state index in [1.165, 1.54) is 10.7 Å². The van der Waals surface area contributed by atoms with E-state index in [-0.39, 0.29) is 38.0 Å². The Morgan fingerprint density at radius 2 is 1.67 bits per heavy atom. The number of alkyl halides is 4. The van der Waals surface area contributed by atoms with Crippen molar-refractivity contribution in [1.82, 2.24) is 24.8 Å². The van der Waals surface area contributed by atoms with Gasteiger partial charge in [-0.3, -0.25) is 4.79 Å². The number of nitrogens with zero attached hydrogens (tertiary/aromatic N) is 4. The zero-order valence-electron chi connectivity index (χ0n) is 25.3. The predicted molar refractivity (Wildman–Crippen MR) is 147 cm³/mol. The Balaban J connectivity index is 1.57. The van der Waals surface area contributed by atoms with Crippen molar-refractivity contribution in [1.29, 1.82) is 0 Å². The third-order valence-electron chi connectivity index (χ3n) is 7.27. The van der Waals surface area contributed by atoms with Gasteiger partial charge in [-0.15, -0.1) is 0 Å². The SMILES string of the molecule is CC(C)(C)OC(=O)N[C@H](c1cn2ncc(CC3CC(F)(F)CN(C(=O)OC(C)(C)C)C3=O)cc2n1)C1CCC(F)(F)CC1. The molecule has 3 amide bonds. The van der Waals surface area contributed by atoms with Crippen molar-refractivity contribution in [2.24, 2.45) is 11.8 Å². The van der Waals surface area contributed by atoms with Crippen LogP contribution in [0.5, 0.6) is 0 Å². The van der Waals surface area contributed by atoms with Gasteiger partial charge in [-0.05, 0) is 78.4 Å². The highest BCUT2D eigenvalue weighted by atomic mass is 19.3. The highest BCUT2D eigenvalue weighted by Gasteiger charge is 2.48. The molecule has 43 heavy (non-hydrogen) atoms. The number of alkyl carbamates (subject to hydrolysis) is 1. The number of nitrogens with one attached hydrogen (secondary N) is 1. The molecular formula is C29H39F4N5O5. The first-order valence-electron chi connectivity index (χ1n) is 14.3. The maximum absolute atomic E-state index is 14.6. The molecule has 2 atom stereocenters. The summed E-state index contributed by atoms with van der Waals surface area (Å²) in [5.74, 6) is -8.38. The van der Waals surface area contributed by atoms with Crippen LogP contribution in [0.2, 0.25) is 0 Å². The number of halogens is 4. The van der Waals surface area contributed by atoms with Crippen LogP contribution in [0.25, 0.3) is 5.65 Å². The lowest BCUT2D eigenvalue weighted by Crippen LogP contribution is -2.54. The zero-order chi connectivity index (χ0) is 32.0. The second-order valence-corrected chi connectivity index (χ2v) is 13.5. The third-order valence-corrected chi connectivity index (χ3v) is 7.27. The van der Waals surface area contributed by atoms with E-state index in [9.17, 15) is 31.9 Å². The fourth-order valence-corrected chi connectivity index (χ4v) is 5.42. The van der Waals surface area contributed by atoms with E-state index in [0.717, 1.165) is 0 Å². The van der Waals surface area contributed by atoms with E-state index in [1.807, 2.05) is 0 Å². The first kappa shape index (κ1) is 32.5.